The van der Waals surface area contributed by atoms with Crippen LogP contribution in [0.5, 0.6) is 0 Å². The number of anilines is 1. The fraction of sp³-hybridized carbons (Fsp3) is 0.158. The summed E-state index contributed by atoms with van der Waals surface area (Å²) in [6.07, 6.45) is 7.28. The Morgan fingerprint density at radius 3 is 2.20 bits per heavy atom. The van der Waals surface area contributed by atoms with Crippen molar-refractivity contribution in [2.75, 3.05) is 12.4 Å². The minimum atomic E-state index is -0.244. The van der Waals surface area contributed by atoms with Crippen LogP contribution in [0.3, 0.4) is 0 Å². The van der Waals surface area contributed by atoms with E-state index in [-0.39, 0.29) is 11.8 Å². The Bertz CT molecular complexity index is 781. The molecule has 0 unspecified atom stereocenters. The number of rotatable bonds is 6. The lowest BCUT2D eigenvalue weighted by molar-refractivity contribution is 0.0962. The summed E-state index contributed by atoms with van der Waals surface area (Å²) in [4.78, 5) is 32.2. The second kappa shape index (κ2) is 9.12. The molecule has 0 aliphatic heterocycles. The number of allylic oxidation sites excluding steroid dienone is 2. The van der Waals surface area contributed by atoms with Crippen LogP contribution in [0, 0.1) is 0 Å². The molecule has 6 nitrogen and oxygen atoms in total. The number of hydrogen-bond donors (Lipinski definition) is 2. The minimum absolute atomic E-state index is 0.223. The molecule has 0 bridgehead atoms. The molecule has 0 atom stereocenters. The third-order valence-corrected chi connectivity index (χ3v) is 3.43. The molecule has 0 spiro atoms. The highest BCUT2D eigenvalue weighted by molar-refractivity contribution is 6.05. The van der Waals surface area contributed by atoms with E-state index in [2.05, 4.69) is 20.6 Å². The molecule has 1 aromatic carbocycles. The van der Waals surface area contributed by atoms with E-state index in [9.17, 15) is 9.59 Å². The van der Waals surface area contributed by atoms with Gasteiger partial charge in [-0.05, 0) is 48.9 Å². The summed E-state index contributed by atoms with van der Waals surface area (Å²) in [5.41, 5.74) is 2.39. The predicted octanol–water partition coefficient (Wildman–Crippen LogP) is 3.06. The Hall–Kier alpha value is -3.28. The van der Waals surface area contributed by atoms with Crippen molar-refractivity contribution in [3.63, 3.8) is 0 Å². The van der Waals surface area contributed by atoms with Crippen LogP contribution in [0.1, 0.15) is 34.1 Å². The first kappa shape index (κ1) is 18.1. The van der Waals surface area contributed by atoms with Gasteiger partial charge in [0.15, 0.2) is 0 Å². The molecule has 0 saturated heterocycles. The highest BCUT2D eigenvalue weighted by Crippen LogP contribution is 2.10. The number of nitrogens with one attached hydrogen (secondary N) is 2. The molecule has 0 radical (unpaired) electrons. The third kappa shape index (κ3) is 5.39. The fourth-order valence-electron chi connectivity index (χ4n) is 2.04. The first-order valence-corrected chi connectivity index (χ1v) is 7.88. The van der Waals surface area contributed by atoms with E-state index in [0.717, 1.165) is 5.70 Å². The monoisotopic (exact) mass is 336 g/mol. The van der Waals surface area contributed by atoms with Gasteiger partial charge >= 0.3 is 0 Å². The quantitative estimate of drug-likeness (QED) is 0.795. The number of pyridine rings is 1. The van der Waals surface area contributed by atoms with Crippen molar-refractivity contribution in [3.05, 3.63) is 71.7 Å². The third-order valence-electron chi connectivity index (χ3n) is 3.43. The number of nitrogens with zero attached hydrogens (tertiary/aromatic N) is 2. The number of aromatic nitrogens is 1. The summed E-state index contributed by atoms with van der Waals surface area (Å²) in [6.45, 7) is 1.95. The van der Waals surface area contributed by atoms with Crippen LogP contribution in [0.25, 0.3) is 0 Å². The first-order valence-electron chi connectivity index (χ1n) is 7.88. The molecule has 2 rings (SSSR count). The van der Waals surface area contributed by atoms with Gasteiger partial charge in [-0.15, -0.1) is 0 Å². The average Bonchev–Trinajstić information content (AvgIpc) is 2.65. The van der Waals surface area contributed by atoms with Gasteiger partial charge in [0.05, 0.1) is 0 Å². The molecule has 2 amide bonds. The van der Waals surface area contributed by atoms with Crippen molar-refractivity contribution >= 4 is 23.7 Å². The van der Waals surface area contributed by atoms with E-state index in [0.29, 0.717) is 23.2 Å². The summed E-state index contributed by atoms with van der Waals surface area (Å²) in [5.74, 6) is -0.467. The van der Waals surface area contributed by atoms with E-state index in [1.807, 2.05) is 6.92 Å². The second-order valence-electron chi connectivity index (χ2n) is 5.17. The Morgan fingerprint density at radius 1 is 1.04 bits per heavy atom. The average molecular weight is 336 g/mol. The molecular weight excluding hydrogens is 316 g/mol. The lowest BCUT2D eigenvalue weighted by Crippen LogP contribution is -2.22. The zero-order valence-corrected chi connectivity index (χ0v) is 14.2. The van der Waals surface area contributed by atoms with Gasteiger partial charge in [-0.25, -0.2) is 0 Å². The van der Waals surface area contributed by atoms with E-state index >= 15 is 0 Å². The standard InChI is InChI=1S/C19H20N4O2/c1-3-16(8-11-20-2)22-18(24)14-4-6-15(7-5-14)19(25)23-17-9-12-21-13-10-17/h4-13H,3H2,1-2H3,(H,22,24)(H,21,23,25)/b16-8+,20-11?. The summed E-state index contributed by atoms with van der Waals surface area (Å²) < 4.78 is 0. The predicted molar refractivity (Wildman–Crippen MR) is 98.9 cm³/mol. The Balaban J connectivity index is 2.03. The number of amides is 2. The number of benzene rings is 1. The number of hydrogen-bond acceptors (Lipinski definition) is 4. The van der Waals surface area contributed by atoms with Crippen LogP contribution in [-0.2, 0) is 0 Å². The SMILES string of the molecule is CC/C(=C\C=NC)NC(=O)c1ccc(C(=O)Nc2ccncc2)cc1. The largest absolute Gasteiger partial charge is 0.326 e. The van der Waals surface area contributed by atoms with Gasteiger partial charge in [0.2, 0.25) is 0 Å². The van der Waals surface area contributed by atoms with Crippen molar-refractivity contribution in [1.82, 2.24) is 10.3 Å². The van der Waals surface area contributed by atoms with Crippen LogP contribution in [0.15, 0.2) is 65.6 Å². The van der Waals surface area contributed by atoms with Crippen molar-refractivity contribution in [2.24, 2.45) is 4.99 Å². The number of carbonyl (C=O) groups excluding carboxylic acids is 2. The van der Waals surface area contributed by atoms with Crippen molar-refractivity contribution in [2.45, 2.75) is 13.3 Å². The maximum atomic E-state index is 12.2. The lowest BCUT2D eigenvalue weighted by atomic mass is 10.1. The van der Waals surface area contributed by atoms with Gasteiger partial charge in [-0.2, -0.15) is 0 Å². The van der Waals surface area contributed by atoms with E-state index in [1.54, 1.807) is 68.1 Å². The number of aliphatic imine (C=N–C) groups is 1. The molecule has 0 aliphatic carbocycles. The van der Waals surface area contributed by atoms with Gasteiger partial charge in [0.25, 0.3) is 11.8 Å². The van der Waals surface area contributed by atoms with Crippen LogP contribution in [0.4, 0.5) is 5.69 Å². The molecule has 1 aromatic heterocycles. The van der Waals surface area contributed by atoms with Crippen molar-refractivity contribution in [1.29, 1.82) is 0 Å². The van der Waals surface area contributed by atoms with E-state index in [1.165, 1.54) is 0 Å². The zero-order valence-electron chi connectivity index (χ0n) is 14.2. The summed E-state index contributed by atoms with van der Waals surface area (Å²) >= 11 is 0. The van der Waals surface area contributed by atoms with Crippen molar-refractivity contribution in [3.8, 4) is 0 Å². The Morgan fingerprint density at radius 2 is 1.64 bits per heavy atom. The summed E-state index contributed by atoms with van der Waals surface area (Å²) in [7, 11) is 1.67. The molecule has 2 aromatic rings. The smallest absolute Gasteiger partial charge is 0.255 e. The van der Waals surface area contributed by atoms with Crippen LogP contribution >= 0.6 is 0 Å². The fourth-order valence-corrected chi connectivity index (χ4v) is 2.04. The molecule has 0 saturated carbocycles. The summed E-state index contributed by atoms with van der Waals surface area (Å²) in [5, 5.41) is 5.60. The highest BCUT2D eigenvalue weighted by Gasteiger charge is 2.10. The lowest BCUT2D eigenvalue weighted by Gasteiger charge is -2.08. The Kier molecular flexibility index (Phi) is 6.59. The van der Waals surface area contributed by atoms with Crippen molar-refractivity contribution < 1.29 is 9.59 Å². The summed E-state index contributed by atoms with van der Waals surface area (Å²) in [6, 6.07) is 9.90. The maximum absolute atomic E-state index is 12.2. The van der Waals surface area contributed by atoms with Gasteiger partial charge in [-0.3, -0.25) is 19.6 Å². The minimum Gasteiger partial charge on any atom is -0.326 e. The van der Waals surface area contributed by atoms with E-state index in [4.69, 9.17) is 0 Å². The van der Waals surface area contributed by atoms with Gasteiger partial charge in [0.1, 0.15) is 0 Å². The molecule has 25 heavy (non-hydrogen) atoms. The first-order chi connectivity index (χ1) is 12.1. The van der Waals surface area contributed by atoms with Crippen LogP contribution in [0.2, 0.25) is 0 Å². The maximum Gasteiger partial charge on any atom is 0.255 e. The van der Waals surface area contributed by atoms with E-state index < -0.39 is 0 Å². The van der Waals surface area contributed by atoms with Gasteiger partial charge in [-0.1, -0.05) is 6.92 Å². The van der Waals surface area contributed by atoms with Gasteiger partial charge < -0.3 is 10.6 Å². The molecule has 0 aliphatic rings. The zero-order chi connectivity index (χ0) is 18.1. The molecule has 1 heterocycles. The van der Waals surface area contributed by atoms with Crippen LogP contribution < -0.4 is 10.6 Å². The Labute approximate surface area is 146 Å². The molecule has 128 valence electrons. The van der Waals surface area contributed by atoms with Gasteiger partial charge in [0, 0.05) is 48.2 Å². The normalized spacial score (nSPS) is 11.4. The molecule has 2 N–H and O–H groups in total. The molecule has 6 heteroatoms. The molecular formula is C19H20N4O2. The topological polar surface area (TPSA) is 83.5 Å². The highest BCUT2D eigenvalue weighted by atomic mass is 16.2. The molecule has 0 fully saturated rings. The second-order valence-corrected chi connectivity index (χ2v) is 5.17. The number of carbonyl (C=O) groups is 2. The van der Waals surface area contributed by atoms with Crippen LogP contribution in [-0.4, -0.2) is 30.1 Å².